The fourth-order valence-corrected chi connectivity index (χ4v) is 3.27. The first-order chi connectivity index (χ1) is 14.3. The molecule has 0 saturated heterocycles. The molecule has 0 atom stereocenters. The van der Waals surface area contributed by atoms with Crippen LogP contribution in [-0.2, 0) is 9.53 Å². The highest BCUT2D eigenvalue weighted by atomic mass is 35.5. The third kappa shape index (κ3) is 5.72. The van der Waals surface area contributed by atoms with Crippen LogP contribution in [0.15, 0.2) is 41.3 Å². The highest BCUT2D eigenvalue weighted by molar-refractivity contribution is 7.98. The van der Waals surface area contributed by atoms with Gasteiger partial charge in [-0.2, -0.15) is 5.26 Å². The molecule has 30 heavy (non-hydrogen) atoms. The molecule has 0 N–H and O–H groups in total. The van der Waals surface area contributed by atoms with E-state index in [1.54, 1.807) is 31.4 Å². The number of carbonyl (C=O) groups is 2. The fourth-order valence-electron chi connectivity index (χ4n) is 2.60. The van der Waals surface area contributed by atoms with E-state index in [0.717, 1.165) is 11.6 Å². The first kappa shape index (κ1) is 23.2. The van der Waals surface area contributed by atoms with Crippen molar-refractivity contribution >= 4 is 46.6 Å². The van der Waals surface area contributed by atoms with Gasteiger partial charge in [-0.3, -0.25) is 14.9 Å². The predicted octanol–water partition coefficient (Wildman–Crippen LogP) is 4.38. The number of anilines is 1. The SMILES string of the molecule is CSc1ccc(C(=O)OCC(=O)N(CCC#N)c2ccc(Cl)c(C)c2)cc1[N+](=O)[O-]. The van der Waals surface area contributed by atoms with Crippen molar-refractivity contribution in [1.29, 1.82) is 5.26 Å². The van der Waals surface area contributed by atoms with E-state index < -0.39 is 23.4 Å². The van der Waals surface area contributed by atoms with Gasteiger partial charge in [-0.1, -0.05) is 11.6 Å². The Bertz CT molecular complexity index is 1020. The van der Waals surface area contributed by atoms with E-state index in [4.69, 9.17) is 21.6 Å². The summed E-state index contributed by atoms with van der Waals surface area (Å²) in [5.41, 5.74) is 1.03. The van der Waals surface area contributed by atoms with Crippen molar-refractivity contribution in [2.75, 3.05) is 24.3 Å². The number of benzene rings is 2. The summed E-state index contributed by atoms with van der Waals surface area (Å²) in [6, 6.07) is 10.9. The van der Waals surface area contributed by atoms with E-state index in [1.165, 1.54) is 28.8 Å². The maximum Gasteiger partial charge on any atom is 0.338 e. The third-order valence-electron chi connectivity index (χ3n) is 4.14. The molecule has 10 heteroatoms. The molecule has 0 radical (unpaired) electrons. The number of aryl methyl sites for hydroxylation is 1. The number of halogens is 1. The second-order valence-electron chi connectivity index (χ2n) is 6.11. The van der Waals surface area contributed by atoms with Crippen LogP contribution in [0.25, 0.3) is 0 Å². The maximum atomic E-state index is 12.7. The van der Waals surface area contributed by atoms with Crippen molar-refractivity contribution in [3.63, 3.8) is 0 Å². The van der Waals surface area contributed by atoms with Crippen LogP contribution in [0.2, 0.25) is 5.02 Å². The first-order valence-corrected chi connectivity index (χ1v) is 10.3. The third-order valence-corrected chi connectivity index (χ3v) is 5.35. The van der Waals surface area contributed by atoms with Gasteiger partial charge in [0, 0.05) is 23.3 Å². The van der Waals surface area contributed by atoms with Crippen LogP contribution >= 0.6 is 23.4 Å². The summed E-state index contributed by atoms with van der Waals surface area (Å²) in [5.74, 6) is -1.39. The molecule has 8 nitrogen and oxygen atoms in total. The normalized spacial score (nSPS) is 10.2. The molecular formula is C20H18ClN3O5S. The Morgan fingerprint density at radius 1 is 1.30 bits per heavy atom. The lowest BCUT2D eigenvalue weighted by molar-refractivity contribution is -0.387. The molecular weight excluding hydrogens is 430 g/mol. The first-order valence-electron chi connectivity index (χ1n) is 8.71. The Hall–Kier alpha value is -3.09. The van der Waals surface area contributed by atoms with Crippen molar-refractivity contribution in [3.8, 4) is 6.07 Å². The van der Waals surface area contributed by atoms with Crippen LogP contribution in [0.3, 0.4) is 0 Å². The molecule has 2 aromatic rings. The minimum absolute atomic E-state index is 0.0294. The largest absolute Gasteiger partial charge is 0.452 e. The molecule has 0 heterocycles. The van der Waals surface area contributed by atoms with Crippen LogP contribution < -0.4 is 4.90 Å². The molecule has 0 saturated carbocycles. The Kier molecular flexibility index (Phi) is 8.21. The number of thioether (sulfide) groups is 1. The van der Waals surface area contributed by atoms with Gasteiger partial charge in [-0.05, 0) is 49.1 Å². The van der Waals surface area contributed by atoms with Gasteiger partial charge in [0.1, 0.15) is 0 Å². The van der Waals surface area contributed by atoms with Gasteiger partial charge >= 0.3 is 5.97 Å². The Labute approximate surface area is 182 Å². The number of amides is 1. The number of hydrogen-bond acceptors (Lipinski definition) is 7. The summed E-state index contributed by atoms with van der Waals surface area (Å²) >= 11 is 7.21. The molecule has 2 rings (SSSR count). The standard InChI is InChI=1S/C20H18ClN3O5S/c1-13-10-15(5-6-16(13)21)23(9-3-8-22)19(25)12-29-20(26)14-4-7-18(30-2)17(11-14)24(27)28/h4-7,10-11H,3,9,12H2,1-2H3. The Balaban J connectivity index is 2.15. The summed E-state index contributed by atoms with van der Waals surface area (Å²) < 4.78 is 5.07. The number of hydrogen-bond donors (Lipinski definition) is 0. The monoisotopic (exact) mass is 447 g/mol. The van der Waals surface area contributed by atoms with E-state index in [9.17, 15) is 19.7 Å². The number of nitro groups is 1. The van der Waals surface area contributed by atoms with Gasteiger partial charge in [0.2, 0.25) is 0 Å². The van der Waals surface area contributed by atoms with Crippen molar-refractivity contribution in [2.45, 2.75) is 18.2 Å². The molecule has 0 aromatic heterocycles. The lowest BCUT2D eigenvalue weighted by Gasteiger charge is -2.22. The molecule has 0 fully saturated rings. The van der Waals surface area contributed by atoms with Crippen molar-refractivity contribution < 1.29 is 19.2 Å². The molecule has 0 bridgehead atoms. The van der Waals surface area contributed by atoms with Crippen molar-refractivity contribution in [1.82, 2.24) is 0 Å². The van der Waals surface area contributed by atoms with Crippen LogP contribution in [0, 0.1) is 28.4 Å². The average Bonchev–Trinajstić information content (AvgIpc) is 2.74. The highest BCUT2D eigenvalue weighted by Crippen LogP contribution is 2.28. The second kappa shape index (κ2) is 10.6. The molecule has 0 aliphatic carbocycles. The second-order valence-corrected chi connectivity index (χ2v) is 7.36. The molecule has 0 unspecified atom stereocenters. The van der Waals surface area contributed by atoms with E-state index in [2.05, 4.69) is 0 Å². The van der Waals surface area contributed by atoms with Crippen molar-refractivity contribution in [2.24, 2.45) is 0 Å². The predicted molar refractivity (Wildman–Crippen MR) is 114 cm³/mol. The van der Waals surface area contributed by atoms with E-state index in [0.29, 0.717) is 15.6 Å². The van der Waals surface area contributed by atoms with Crippen LogP contribution in [0.5, 0.6) is 0 Å². The number of carbonyl (C=O) groups excluding carboxylic acids is 2. The van der Waals surface area contributed by atoms with E-state index in [1.807, 2.05) is 6.07 Å². The topological polar surface area (TPSA) is 114 Å². The number of nitriles is 1. The number of rotatable bonds is 8. The molecule has 2 aromatic carbocycles. The minimum atomic E-state index is -0.855. The lowest BCUT2D eigenvalue weighted by Crippen LogP contribution is -2.35. The number of nitrogens with zero attached hydrogens (tertiary/aromatic N) is 3. The van der Waals surface area contributed by atoms with Gasteiger partial charge in [0.15, 0.2) is 6.61 Å². The van der Waals surface area contributed by atoms with E-state index >= 15 is 0 Å². The quantitative estimate of drug-likeness (QED) is 0.255. The number of nitro benzene ring substituents is 1. The zero-order valence-electron chi connectivity index (χ0n) is 16.3. The summed E-state index contributed by atoms with van der Waals surface area (Å²) in [7, 11) is 0. The molecule has 0 aliphatic rings. The van der Waals surface area contributed by atoms with Gasteiger partial charge in [-0.15, -0.1) is 11.8 Å². The molecule has 156 valence electrons. The summed E-state index contributed by atoms with van der Waals surface area (Å²) in [6.45, 7) is 1.32. The van der Waals surface area contributed by atoms with Gasteiger partial charge < -0.3 is 9.64 Å². The highest BCUT2D eigenvalue weighted by Gasteiger charge is 2.21. The summed E-state index contributed by atoms with van der Waals surface area (Å²) in [5, 5.41) is 20.6. The number of ether oxygens (including phenoxy) is 1. The zero-order chi connectivity index (χ0) is 22.3. The molecule has 1 amide bonds. The Morgan fingerprint density at radius 2 is 2.03 bits per heavy atom. The van der Waals surface area contributed by atoms with E-state index in [-0.39, 0.29) is 24.2 Å². The molecule has 0 aliphatic heterocycles. The number of esters is 1. The van der Waals surface area contributed by atoms with Crippen LogP contribution in [-0.4, -0.2) is 36.2 Å². The van der Waals surface area contributed by atoms with Crippen molar-refractivity contribution in [3.05, 3.63) is 62.7 Å². The molecule has 0 spiro atoms. The van der Waals surface area contributed by atoms with Gasteiger partial charge in [0.25, 0.3) is 11.6 Å². The Morgan fingerprint density at radius 3 is 2.63 bits per heavy atom. The average molecular weight is 448 g/mol. The summed E-state index contributed by atoms with van der Waals surface area (Å²) in [4.78, 5) is 37.3. The lowest BCUT2D eigenvalue weighted by atomic mass is 10.2. The smallest absolute Gasteiger partial charge is 0.338 e. The fraction of sp³-hybridized carbons (Fsp3) is 0.250. The minimum Gasteiger partial charge on any atom is -0.452 e. The van der Waals surface area contributed by atoms with Crippen LogP contribution in [0.4, 0.5) is 11.4 Å². The van der Waals surface area contributed by atoms with Crippen LogP contribution in [0.1, 0.15) is 22.3 Å². The maximum absolute atomic E-state index is 12.7. The zero-order valence-corrected chi connectivity index (χ0v) is 17.8. The van der Waals surface area contributed by atoms with Gasteiger partial charge in [0.05, 0.1) is 27.9 Å². The van der Waals surface area contributed by atoms with Gasteiger partial charge in [-0.25, -0.2) is 4.79 Å². The summed E-state index contributed by atoms with van der Waals surface area (Å²) in [6.07, 6.45) is 1.77.